The summed E-state index contributed by atoms with van der Waals surface area (Å²) in [5.74, 6) is -8.37. The number of rotatable bonds is 4. The highest BCUT2D eigenvalue weighted by Gasteiger charge is 2.56. The van der Waals surface area contributed by atoms with Crippen LogP contribution in [0.2, 0.25) is 0 Å². The van der Waals surface area contributed by atoms with Crippen molar-refractivity contribution in [2.24, 2.45) is 28.9 Å². The Hall–Kier alpha value is -3.86. The van der Waals surface area contributed by atoms with Gasteiger partial charge in [-0.15, -0.1) is 0 Å². The SMILES string of the molecule is CC(=O)[N+](=CC(C)(C)C)Cc1cc(O)c2c(c1F)CC1CC3C(C(=O)C(C(N)=O)=C(O)C3N(C)C)C(=O)C1=C2O. The third-order valence-corrected chi connectivity index (χ3v) is 7.86. The number of halogens is 1. The maximum atomic E-state index is 16.0. The van der Waals surface area contributed by atoms with Crippen LogP contribution in [0.4, 0.5) is 4.39 Å². The van der Waals surface area contributed by atoms with Crippen LogP contribution in [0.15, 0.2) is 23.0 Å². The molecule has 40 heavy (non-hydrogen) atoms. The molecule has 10 nitrogen and oxygen atoms in total. The zero-order valence-corrected chi connectivity index (χ0v) is 23.4. The molecule has 214 valence electrons. The molecule has 4 atom stereocenters. The maximum absolute atomic E-state index is 16.0. The standard InChI is InChI=1S/C29H34FN3O7/c1-12(34)33(11-29(2,3)4)10-14-9-17(35)19-15(22(14)30)7-13-8-16-20(25(37)18(13)24(19)36)26(38)21(28(31)40)27(39)23(16)32(5)6/h9,11,13,16,20,23H,7-8,10H2,1-6H3,(H4-,31,35,36,37,38,39,40)/p+1. The second kappa shape index (κ2) is 9.96. The number of likely N-dealkylation sites (N-methyl/N-ethyl adjacent to an activating group) is 1. The van der Waals surface area contributed by atoms with Crippen molar-refractivity contribution in [1.82, 2.24) is 4.90 Å². The minimum Gasteiger partial charge on any atom is -0.510 e. The van der Waals surface area contributed by atoms with Crippen LogP contribution < -0.4 is 5.73 Å². The molecule has 4 unspecified atom stereocenters. The average Bonchev–Trinajstić information content (AvgIpc) is 2.79. The quantitative estimate of drug-likeness (QED) is 0.190. The van der Waals surface area contributed by atoms with Crippen LogP contribution in [-0.2, 0) is 32.1 Å². The lowest BCUT2D eigenvalue weighted by atomic mass is 9.59. The number of allylic oxidation sites excluding steroid dienone is 1. The molecule has 1 fully saturated rings. The highest BCUT2D eigenvalue weighted by molar-refractivity contribution is 6.28. The highest BCUT2D eigenvalue weighted by Crippen LogP contribution is 2.51. The third kappa shape index (κ3) is 4.72. The summed E-state index contributed by atoms with van der Waals surface area (Å²) in [6.07, 6.45) is 1.71. The van der Waals surface area contributed by atoms with Crippen molar-refractivity contribution in [3.63, 3.8) is 0 Å². The normalized spacial score (nSPS) is 25.1. The van der Waals surface area contributed by atoms with Crippen molar-refractivity contribution in [2.75, 3.05) is 14.1 Å². The molecule has 0 bridgehead atoms. The lowest BCUT2D eigenvalue weighted by Gasteiger charge is -2.46. The Kier molecular flexibility index (Phi) is 7.25. The maximum Gasteiger partial charge on any atom is 0.383 e. The van der Waals surface area contributed by atoms with Gasteiger partial charge >= 0.3 is 5.91 Å². The zero-order valence-electron chi connectivity index (χ0n) is 23.4. The summed E-state index contributed by atoms with van der Waals surface area (Å²) < 4.78 is 17.3. The van der Waals surface area contributed by atoms with Crippen molar-refractivity contribution in [3.05, 3.63) is 45.5 Å². The number of Topliss-reactive ketones (excluding diaryl/α,β-unsaturated/α-hetero) is 2. The van der Waals surface area contributed by atoms with Gasteiger partial charge in [0.25, 0.3) is 5.91 Å². The summed E-state index contributed by atoms with van der Waals surface area (Å²) in [5.41, 5.74) is 3.99. The Morgan fingerprint density at radius 1 is 1.18 bits per heavy atom. The van der Waals surface area contributed by atoms with Crippen LogP contribution in [0, 0.1) is 29.0 Å². The number of aliphatic hydroxyl groups is 2. The number of hydrogen-bond acceptors (Lipinski definition) is 8. The van der Waals surface area contributed by atoms with E-state index in [4.69, 9.17) is 5.73 Å². The van der Waals surface area contributed by atoms with E-state index in [0.29, 0.717) is 0 Å². The average molecular weight is 557 g/mol. The van der Waals surface area contributed by atoms with E-state index >= 15 is 4.39 Å². The number of nitrogens with two attached hydrogens (primary N) is 1. The molecule has 1 aromatic carbocycles. The van der Waals surface area contributed by atoms with Crippen molar-refractivity contribution < 1.29 is 43.5 Å². The van der Waals surface area contributed by atoms with Crippen LogP contribution in [0.5, 0.6) is 5.75 Å². The van der Waals surface area contributed by atoms with E-state index < -0.39 is 69.9 Å². The molecule has 2 amide bonds. The molecule has 3 aliphatic carbocycles. The summed E-state index contributed by atoms with van der Waals surface area (Å²) in [5, 5.41) is 32.9. The number of carbonyl (C=O) groups is 4. The molecule has 1 aromatic rings. The smallest absolute Gasteiger partial charge is 0.383 e. The highest BCUT2D eigenvalue weighted by atomic mass is 19.1. The fourth-order valence-corrected chi connectivity index (χ4v) is 6.38. The number of fused-ring (bicyclic) bond motifs is 3. The molecule has 0 aliphatic heterocycles. The number of ketones is 2. The van der Waals surface area contributed by atoms with Gasteiger partial charge in [-0.3, -0.25) is 19.3 Å². The minimum atomic E-state index is -1.39. The number of nitrogens with zero attached hydrogens (tertiary/aromatic N) is 2. The van der Waals surface area contributed by atoms with Gasteiger partial charge in [-0.05, 0) is 44.8 Å². The largest absolute Gasteiger partial charge is 0.510 e. The fraction of sp³-hybridized carbons (Fsp3) is 0.483. The number of hydrogen-bond donors (Lipinski definition) is 4. The van der Waals surface area contributed by atoms with Gasteiger partial charge in [0.05, 0.1) is 30.0 Å². The zero-order chi connectivity index (χ0) is 30.0. The third-order valence-electron chi connectivity index (χ3n) is 7.86. The van der Waals surface area contributed by atoms with E-state index in [2.05, 4.69) is 0 Å². The van der Waals surface area contributed by atoms with Gasteiger partial charge in [-0.2, -0.15) is 4.58 Å². The molecule has 5 N–H and O–H groups in total. The number of aromatic hydroxyl groups is 1. The predicted octanol–water partition coefficient (Wildman–Crippen LogP) is 2.16. The van der Waals surface area contributed by atoms with Crippen molar-refractivity contribution in [2.45, 2.75) is 53.1 Å². The summed E-state index contributed by atoms with van der Waals surface area (Å²) in [7, 11) is 3.24. The van der Waals surface area contributed by atoms with Gasteiger partial charge in [0.15, 0.2) is 24.3 Å². The molecule has 11 heteroatoms. The molecule has 4 rings (SSSR count). The first kappa shape index (κ1) is 29.1. The first-order valence-electron chi connectivity index (χ1n) is 13.0. The van der Waals surface area contributed by atoms with E-state index in [-0.39, 0.29) is 53.0 Å². The van der Waals surface area contributed by atoms with E-state index in [1.807, 2.05) is 20.8 Å². The van der Waals surface area contributed by atoms with Crippen LogP contribution in [0.1, 0.15) is 50.8 Å². The number of aliphatic hydroxyl groups excluding tert-OH is 2. The molecular weight excluding hydrogens is 521 g/mol. The second-order valence-electron chi connectivity index (χ2n) is 12.2. The molecule has 0 spiro atoms. The number of carbonyl (C=O) groups excluding carboxylic acids is 4. The second-order valence-corrected chi connectivity index (χ2v) is 12.2. The number of phenols is 1. The molecule has 0 radical (unpaired) electrons. The van der Waals surface area contributed by atoms with Crippen molar-refractivity contribution >= 4 is 35.4 Å². The van der Waals surface area contributed by atoms with Crippen LogP contribution in [0.25, 0.3) is 5.76 Å². The van der Waals surface area contributed by atoms with Crippen LogP contribution in [-0.4, -0.2) is 74.5 Å². The van der Waals surface area contributed by atoms with Gasteiger partial charge in [-0.25, -0.2) is 9.18 Å². The van der Waals surface area contributed by atoms with E-state index in [1.54, 1.807) is 25.2 Å². The Balaban J connectivity index is 1.84. The Labute approximate surface area is 231 Å². The molecule has 3 aliphatic rings. The number of phenolic OH excluding ortho intramolecular Hbond substituents is 1. The molecule has 0 heterocycles. The van der Waals surface area contributed by atoms with Gasteiger partial charge < -0.3 is 21.1 Å². The van der Waals surface area contributed by atoms with Gasteiger partial charge in [0.1, 0.15) is 28.7 Å². The lowest BCUT2D eigenvalue weighted by Crippen LogP contribution is -2.55. The summed E-state index contributed by atoms with van der Waals surface area (Å²) in [6, 6.07) is 0.231. The molecular formula is C29H35FN3O7+. The monoisotopic (exact) mass is 556 g/mol. The fourth-order valence-electron chi connectivity index (χ4n) is 6.38. The van der Waals surface area contributed by atoms with E-state index in [1.165, 1.54) is 11.5 Å². The van der Waals surface area contributed by atoms with E-state index in [9.17, 15) is 34.5 Å². The Bertz CT molecular complexity index is 1450. The predicted molar refractivity (Wildman–Crippen MR) is 143 cm³/mol. The van der Waals surface area contributed by atoms with Crippen LogP contribution >= 0.6 is 0 Å². The van der Waals surface area contributed by atoms with E-state index in [0.717, 1.165) is 6.07 Å². The number of amides is 2. The summed E-state index contributed by atoms with van der Waals surface area (Å²) >= 11 is 0. The minimum absolute atomic E-state index is 0.00658. The van der Waals surface area contributed by atoms with Crippen molar-refractivity contribution in [1.29, 1.82) is 0 Å². The van der Waals surface area contributed by atoms with Crippen molar-refractivity contribution in [3.8, 4) is 5.75 Å². The first-order valence-corrected chi connectivity index (χ1v) is 13.0. The molecule has 0 aromatic heterocycles. The number of benzene rings is 1. The van der Waals surface area contributed by atoms with Crippen LogP contribution in [0.3, 0.4) is 0 Å². The van der Waals surface area contributed by atoms with Gasteiger partial charge in [0, 0.05) is 16.6 Å². The first-order chi connectivity index (χ1) is 18.5. The van der Waals surface area contributed by atoms with Gasteiger partial charge in [0.2, 0.25) is 0 Å². The Morgan fingerprint density at radius 3 is 2.33 bits per heavy atom. The summed E-state index contributed by atoms with van der Waals surface area (Å²) in [6.45, 7) is 6.85. The Morgan fingerprint density at radius 2 is 1.80 bits per heavy atom. The summed E-state index contributed by atoms with van der Waals surface area (Å²) in [4.78, 5) is 52.9. The topological polar surface area (TPSA) is 161 Å². The molecule has 1 saturated carbocycles. The van der Waals surface area contributed by atoms with Gasteiger partial charge in [-0.1, -0.05) is 20.8 Å². The molecule has 0 saturated heterocycles. The lowest BCUT2D eigenvalue weighted by molar-refractivity contribution is -0.462. The number of primary amides is 1.